The van der Waals surface area contributed by atoms with Gasteiger partial charge in [0.05, 0.1) is 42.9 Å². The second kappa shape index (κ2) is 13.2. The summed E-state index contributed by atoms with van der Waals surface area (Å²) in [5, 5.41) is 9.94. The van der Waals surface area contributed by atoms with Crippen molar-refractivity contribution in [2.45, 2.75) is 58.3 Å². The van der Waals surface area contributed by atoms with Gasteiger partial charge in [0.1, 0.15) is 5.75 Å². The Bertz CT molecular complexity index is 1130. The second-order valence-electron chi connectivity index (χ2n) is 9.93. The van der Waals surface area contributed by atoms with Crippen molar-refractivity contribution in [3.63, 3.8) is 0 Å². The molecule has 1 aliphatic rings. The number of fused-ring (bicyclic) bond motifs is 1. The third-order valence-electron chi connectivity index (χ3n) is 6.36. The van der Waals surface area contributed by atoms with E-state index < -0.39 is 38.1 Å². The number of aliphatic hydroxyl groups excluding tert-OH is 1. The van der Waals surface area contributed by atoms with Gasteiger partial charge in [-0.2, -0.15) is 0 Å². The number of aliphatic hydroxyl groups is 1. The smallest absolute Gasteiger partial charge is 0.258 e. The van der Waals surface area contributed by atoms with Crippen LogP contribution in [0.2, 0.25) is 0 Å². The van der Waals surface area contributed by atoms with E-state index in [1.54, 1.807) is 13.0 Å². The van der Waals surface area contributed by atoms with Gasteiger partial charge in [0.25, 0.3) is 5.91 Å². The average Bonchev–Trinajstić information content (AvgIpc) is 2.79. The van der Waals surface area contributed by atoms with E-state index in [4.69, 9.17) is 9.47 Å². The molecule has 0 saturated carbocycles. The molecule has 1 aromatic rings. The molecule has 1 aliphatic heterocycles. The molecule has 4 atom stereocenters. The van der Waals surface area contributed by atoms with Crippen molar-refractivity contribution in [3.05, 3.63) is 23.8 Å². The van der Waals surface area contributed by atoms with Gasteiger partial charge >= 0.3 is 0 Å². The van der Waals surface area contributed by atoms with E-state index in [0.717, 1.165) is 25.4 Å². The summed E-state index contributed by atoms with van der Waals surface area (Å²) in [5.74, 6) is -0.410. The van der Waals surface area contributed by atoms with E-state index in [9.17, 15) is 26.7 Å². The topological polar surface area (TPSA) is 143 Å². The number of nitrogens with zero attached hydrogens (tertiary/aromatic N) is 2. The minimum absolute atomic E-state index is 0.119. The summed E-state index contributed by atoms with van der Waals surface area (Å²) in [7, 11) is -5.53. The quantitative estimate of drug-likeness (QED) is 0.511. The standard InChI is InChI=1S/C24H41N3O8S2/c1-17-14-27(18(2)16-28)24(29)21-13-20(25-36(5,30)31)10-11-22(21)35-19(3)9-7-8-12-34-23(17)15-26(4)37(6,32)33/h10-11,13,17-19,23,25,28H,7-9,12,14-16H2,1-6H3/t17-,18+,19-,23-/m0/s1. The van der Waals surface area contributed by atoms with Gasteiger partial charge in [-0.05, 0) is 51.3 Å². The van der Waals surface area contributed by atoms with Crippen LogP contribution in [0.15, 0.2) is 18.2 Å². The van der Waals surface area contributed by atoms with Crippen LogP contribution in [-0.4, -0.2) is 101 Å². The van der Waals surface area contributed by atoms with Crippen molar-refractivity contribution in [2.24, 2.45) is 5.92 Å². The molecular formula is C24H41N3O8S2. The summed E-state index contributed by atoms with van der Waals surface area (Å²) >= 11 is 0. The predicted octanol–water partition coefficient (Wildman–Crippen LogP) is 1.75. The summed E-state index contributed by atoms with van der Waals surface area (Å²) < 4.78 is 63.6. The van der Waals surface area contributed by atoms with Crippen LogP contribution in [0.25, 0.3) is 0 Å². The minimum atomic E-state index is -3.58. The number of carbonyl (C=O) groups excluding carboxylic acids is 1. The fraction of sp³-hybridized carbons (Fsp3) is 0.708. The first-order valence-electron chi connectivity index (χ1n) is 12.4. The monoisotopic (exact) mass is 563 g/mol. The fourth-order valence-electron chi connectivity index (χ4n) is 4.05. The van der Waals surface area contributed by atoms with Crippen LogP contribution in [-0.2, 0) is 24.8 Å². The molecule has 2 rings (SSSR count). The zero-order valence-corrected chi connectivity index (χ0v) is 24.1. The van der Waals surface area contributed by atoms with Gasteiger partial charge in [0.2, 0.25) is 20.0 Å². The van der Waals surface area contributed by atoms with E-state index in [2.05, 4.69) is 4.72 Å². The number of ether oxygens (including phenoxy) is 2. The normalized spacial score (nSPS) is 23.6. The molecular weight excluding hydrogens is 522 g/mol. The van der Waals surface area contributed by atoms with E-state index >= 15 is 0 Å². The van der Waals surface area contributed by atoms with E-state index in [-0.39, 0.29) is 43.0 Å². The Balaban J connectivity index is 2.52. The Kier molecular flexibility index (Phi) is 11.2. The maximum absolute atomic E-state index is 13.9. The largest absolute Gasteiger partial charge is 0.490 e. The molecule has 37 heavy (non-hydrogen) atoms. The molecule has 0 radical (unpaired) electrons. The van der Waals surface area contributed by atoms with Gasteiger partial charge in [-0.15, -0.1) is 0 Å². The Hall–Kier alpha value is -1.93. The molecule has 0 fully saturated rings. The van der Waals surface area contributed by atoms with Gasteiger partial charge in [0, 0.05) is 38.3 Å². The van der Waals surface area contributed by atoms with E-state index in [1.807, 2.05) is 13.8 Å². The number of benzene rings is 1. The molecule has 0 unspecified atom stereocenters. The minimum Gasteiger partial charge on any atom is -0.490 e. The van der Waals surface area contributed by atoms with Gasteiger partial charge in [-0.1, -0.05) is 6.92 Å². The van der Waals surface area contributed by atoms with Crippen LogP contribution < -0.4 is 9.46 Å². The summed E-state index contributed by atoms with van der Waals surface area (Å²) in [6.45, 7) is 5.88. The lowest BCUT2D eigenvalue weighted by molar-refractivity contribution is -0.00828. The lowest BCUT2D eigenvalue weighted by atomic mass is 10.0. The molecule has 0 saturated heterocycles. The van der Waals surface area contributed by atoms with Crippen molar-refractivity contribution in [1.29, 1.82) is 0 Å². The highest BCUT2D eigenvalue weighted by atomic mass is 32.2. The van der Waals surface area contributed by atoms with E-state index in [0.29, 0.717) is 18.8 Å². The van der Waals surface area contributed by atoms with Crippen molar-refractivity contribution >= 4 is 31.6 Å². The highest BCUT2D eigenvalue weighted by Gasteiger charge is 2.31. The number of hydrogen-bond acceptors (Lipinski definition) is 8. The molecule has 11 nitrogen and oxygen atoms in total. The van der Waals surface area contributed by atoms with E-state index in [1.165, 1.54) is 28.4 Å². The number of anilines is 1. The van der Waals surface area contributed by atoms with Crippen molar-refractivity contribution in [3.8, 4) is 5.75 Å². The van der Waals surface area contributed by atoms with Crippen molar-refractivity contribution in [1.82, 2.24) is 9.21 Å². The van der Waals surface area contributed by atoms with Gasteiger partial charge in [-0.25, -0.2) is 21.1 Å². The predicted molar refractivity (Wildman–Crippen MR) is 143 cm³/mol. The Labute approximate surface area is 221 Å². The maximum atomic E-state index is 13.9. The molecule has 1 heterocycles. The summed E-state index contributed by atoms with van der Waals surface area (Å²) in [6, 6.07) is 3.97. The SMILES string of the molecule is C[C@H](CO)N1C[C@H](C)[C@H](CN(C)S(C)(=O)=O)OCCCC[C@H](C)Oc2ccc(NS(C)(=O)=O)cc2C1=O. The van der Waals surface area contributed by atoms with Crippen LogP contribution in [0.1, 0.15) is 50.4 Å². The van der Waals surface area contributed by atoms with Gasteiger partial charge in [0.15, 0.2) is 0 Å². The molecule has 1 aromatic carbocycles. The Morgan fingerprint density at radius 3 is 2.46 bits per heavy atom. The van der Waals surface area contributed by atoms with Crippen molar-refractivity contribution in [2.75, 3.05) is 50.6 Å². The summed E-state index contributed by atoms with van der Waals surface area (Å²) in [6.07, 6.45) is 3.68. The fourth-order valence-corrected chi connectivity index (χ4v) is 5.02. The molecule has 0 aromatic heterocycles. The Morgan fingerprint density at radius 1 is 1.19 bits per heavy atom. The number of sulfonamides is 2. The maximum Gasteiger partial charge on any atom is 0.258 e. The molecule has 1 amide bonds. The highest BCUT2D eigenvalue weighted by molar-refractivity contribution is 7.92. The molecule has 0 aliphatic carbocycles. The van der Waals surface area contributed by atoms with Crippen LogP contribution >= 0.6 is 0 Å². The molecule has 13 heteroatoms. The number of hydrogen-bond donors (Lipinski definition) is 2. The zero-order valence-electron chi connectivity index (χ0n) is 22.5. The molecule has 0 bridgehead atoms. The van der Waals surface area contributed by atoms with Crippen LogP contribution in [0.5, 0.6) is 5.75 Å². The third kappa shape index (κ3) is 9.71. The Morgan fingerprint density at radius 2 is 1.86 bits per heavy atom. The molecule has 2 N–H and O–H groups in total. The van der Waals surface area contributed by atoms with Crippen molar-refractivity contribution < 1.29 is 36.2 Å². The second-order valence-corrected chi connectivity index (χ2v) is 13.8. The third-order valence-corrected chi connectivity index (χ3v) is 8.25. The summed E-state index contributed by atoms with van der Waals surface area (Å²) in [4.78, 5) is 15.4. The first-order chi connectivity index (χ1) is 17.1. The van der Waals surface area contributed by atoms with Crippen LogP contribution in [0, 0.1) is 5.92 Å². The lowest BCUT2D eigenvalue weighted by Gasteiger charge is -2.35. The van der Waals surface area contributed by atoms with Gasteiger partial charge in [-0.3, -0.25) is 9.52 Å². The first kappa shape index (κ1) is 31.3. The number of amides is 1. The lowest BCUT2D eigenvalue weighted by Crippen LogP contribution is -2.47. The highest BCUT2D eigenvalue weighted by Crippen LogP contribution is 2.28. The number of carbonyl (C=O) groups is 1. The summed E-state index contributed by atoms with van der Waals surface area (Å²) in [5.41, 5.74) is 0.378. The van der Waals surface area contributed by atoms with Gasteiger partial charge < -0.3 is 19.5 Å². The van der Waals surface area contributed by atoms with Crippen LogP contribution in [0.3, 0.4) is 0 Å². The zero-order chi connectivity index (χ0) is 28.0. The molecule has 212 valence electrons. The number of rotatable bonds is 7. The number of nitrogens with one attached hydrogen (secondary N) is 1. The average molecular weight is 564 g/mol. The molecule has 0 spiro atoms. The number of likely N-dealkylation sites (N-methyl/N-ethyl adjacent to an activating group) is 1. The van der Waals surface area contributed by atoms with Crippen LogP contribution in [0.4, 0.5) is 5.69 Å². The first-order valence-corrected chi connectivity index (χ1v) is 16.1.